The van der Waals surface area contributed by atoms with E-state index in [0.717, 1.165) is 43.1 Å². The Morgan fingerprint density at radius 3 is 2.54 bits per heavy atom. The van der Waals surface area contributed by atoms with Crippen molar-refractivity contribution >= 4 is 11.5 Å². The topological polar surface area (TPSA) is 83.5 Å². The van der Waals surface area contributed by atoms with Gasteiger partial charge in [-0.05, 0) is 63.9 Å². The van der Waals surface area contributed by atoms with Crippen molar-refractivity contribution in [3.63, 3.8) is 0 Å². The van der Waals surface area contributed by atoms with Crippen molar-refractivity contribution < 1.29 is 5.11 Å². The number of rotatable bonds is 7. The molecule has 1 fully saturated rings. The Hall–Kier alpha value is -3.23. The largest absolute Gasteiger partial charge is 0.369 e. The van der Waals surface area contributed by atoms with Crippen LogP contribution in [0.5, 0.6) is 0 Å². The van der Waals surface area contributed by atoms with E-state index >= 15 is 0 Å². The SMILES string of the molecule is Cc1ccc(-n2nc(C3CCN(C(C)C(C)C)CC3)cc2NC(O)c2cnn3cccnc23)cc1. The minimum atomic E-state index is -0.968. The summed E-state index contributed by atoms with van der Waals surface area (Å²) < 4.78 is 3.56. The Morgan fingerprint density at radius 2 is 1.83 bits per heavy atom. The van der Waals surface area contributed by atoms with Gasteiger partial charge in [-0.15, -0.1) is 0 Å². The number of likely N-dealkylation sites (tertiary alicyclic amines) is 1. The van der Waals surface area contributed by atoms with E-state index in [0.29, 0.717) is 29.1 Å². The Morgan fingerprint density at radius 1 is 1.09 bits per heavy atom. The Balaban J connectivity index is 1.42. The molecule has 1 saturated heterocycles. The average molecular weight is 474 g/mol. The van der Waals surface area contributed by atoms with Gasteiger partial charge < -0.3 is 15.3 Å². The zero-order valence-electron chi connectivity index (χ0n) is 21.0. The Labute approximate surface area is 206 Å². The number of fused-ring (bicyclic) bond motifs is 1. The summed E-state index contributed by atoms with van der Waals surface area (Å²) in [5.74, 6) is 1.80. The smallest absolute Gasteiger partial charge is 0.162 e. The molecular weight excluding hydrogens is 438 g/mol. The van der Waals surface area contributed by atoms with Crippen LogP contribution in [0.2, 0.25) is 0 Å². The zero-order chi connectivity index (χ0) is 24.5. The molecule has 4 aromatic rings. The monoisotopic (exact) mass is 473 g/mol. The number of aryl methyl sites for hydroxylation is 1. The molecule has 5 rings (SSSR count). The number of piperidine rings is 1. The summed E-state index contributed by atoms with van der Waals surface area (Å²) in [5.41, 5.74) is 4.47. The molecule has 2 unspecified atom stereocenters. The van der Waals surface area contributed by atoms with Crippen molar-refractivity contribution in [2.24, 2.45) is 5.92 Å². The van der Waals surface area contributed by atoms with Crippen LogP contribution in [0.4, 0.5) is 5.82 Å². The highest BCUT2D eigenvalue weighted by Crippen LogP contribution is 2.32. The molecule has 0 spiro atoms. The lowest BCUT2D eigenvalue weighted by Crippen LogP contribution is -2.42. The fourth-order valence-electron chi connectivity index (χ4n) is 4.86. The van der Waals surface area contributed by atoms with E-state index in [1.54, 1.807) is 16.9 Å². The third kappa shape index (κ3) is 4.81. The van der Waals surface area contributed by atoms with Gasteiger partial charge in [0.25, 0.3) is 0 Å². The van der Waals surface area contributed by atoms with E-state index in [-0.39, 0.29) is 0 Å². The van der Waals surface area contributed by atoms with E-state index < -0.39 is 6.23 Å². The van der Waals surface area contributed by atoms with Crippen LogP contribution in [0, 0.1) is 12.8 Å². The first-order valence-corrected chi connectivity index (χ1v) is 12.5. The van der Waals surface area contributed by atoms with Gasteiger partial charge >= 0.3 is 0 Å². The van der Waals surface area contributed by atoms with Crippen molar-refractivity contribution in [2.75, 3.05) is 18.4 Å². The first-order chi connectivity index (χ1) is 16.9. The molecule has 4 heterocycles. The second-order valence-electron chi connectivity index (χ2n) is 10.0. The number of aliphatic hydroxyl groups excluding tert-OH is 1. The first-order valence-electron chi connectivity index (χ1n) is 12.5. The maximum Gasteiger partial charge on any atom is 0.162 e. The van der Waals surface area contributed by atoms with Crippen LogP contribution in [0.3, 0.4) is 0 Å². The maximum absolute atomic E-state index is 11.1. The van der Waals surface area contributed by atoms with Gasteiger partial charge in [0.1, 0.15) is 5.82 Å². The summed E-state index contributed by atoms with van der Waals surface area (Å²) >= 11 is 0. The van der Waals surface area contributed by atoms with Gasteiger partial charge in [0, 0.05) is 30.4 Å². The molecule has 0 amide bonds. The summed E-state index contributed by atoms with van der Waals surface area (Å²) in [7, 11) is 0. The number of hydrogen-bond donors (Lipinski definition) is 2. The van der Waals surface area contributed by atoms with Crippen LogP contribution in [0.25, 0.3) is 11.3 Å². The van der Waals surface area contributed by atoms with Crippen LogP contribution < -0.4 is 5.32 Å². The van der Waals surface area contributed by atoms with Crippen LogP contribution in [-0.2, 0) is 0 Å². The summed E-state index contributed by atoms with van der Waals surface area (Å²) in [6.45, 7) is 11.2. The molecular formula is C27H35N7O. The lowest BCUT2D eigenvalue weighted by molar-refractivity contribution is 0.130. The summed E-state index contributed by atoms with van der Waals surface area (Å²) in [6, 6.07) is 12.8. The fraction of sp³-hybridized carbons (Fsp3) is 0.444. The molecule has 184 valence electrons. The van der Waals surface area contributed by atoms with Gasteiger partial charge in [0.15, 0.2) is 11.9 Å². The quantitative estimate of drug-likeness (QED) is 0.383. The van der Waals surface area contributed by atoms with E-state index in [2.05, 4.69) is 78.3 Å². The highest BCUT2D eigenvalue weighted by atomic mass is 16.3. The molecule has 3 aromatic heterocycles. The lowest BCUT2D eigenvalue weighted by atomic mass is 9.91. The van der Waals surface area contributed by atoms with Crippen LogP contribution in [0.1, 0.15) is 62.6 Å². The summed E-state index contributed by atoms with van der Waals surface area (Å²) in [6.07, 6.45) is 6.38. The molecule has 0 saturated carbocycles. The molecule has 1 aliphatic rings. The zero-order valence-corrected chi connectivity index (χ0v) is 21.0. The van der Waals surface area contributed by atoms with Crippen molar-refractivity contribution in [1.29, 1.82) is 0 Å². The molecule has 8 heteroatoms. The molecule has 35 heavy (non-hydrogen) atoms. The molecule has 0 aliphatic carbocycles. The number of nitrogens with one attached hydrogen (secondary N) is 1. The maximum atomic E-state index is 11.1. The fourth-order valence-corrected chi connectivity index (χ4v) is 4.86. The third-order valence-electron chi connectivity index (χ3n) is 7.38. The van der Waals surface area contributed by atoms with Crippen LogP contribution in [0.15, 0.2) is 55.0 Å². The standard InChI is InChI=1S/C27H35N7O/c1-18(2)20(4)32-14-10-21(11-15-32)24-16-25(34(31-24)22-8-6-19(3)7-9-22)30-27(35)23-17-29-33-13-5-12-28-26(23)33/h5-9,12-13,16-18,20-21,27,30,35H,10-11,14-15H2,1-4H3. The second kappa shape index (κ2) is 9.79. The number of benzene rings is 1. The van der Waals surface area contributed by atoms with E-state index in [9.17, 15) is 5.11 Å². The molecule has 2 N–H and O–H groups in total. The Bertz CT molecular complexity index is 1270. The average Bonchev–Trinajstić information content (AvgIpc) is 3.49. The van der Waals surface area contributed by atoms with E-state index in [4.69, 9.17) is 5.10 Å². The minimum Gasteiger partial charge on any atom is -0.369 e. The number of hydrogen-bond acceptors (Lipinski definition) is 6. The lowest BCUT2D eigenvalue weighted by Gasteiger charge is -2.37. The van der Waals surface area contributed by atoms with Crippen molar-refractivity contribution in [3.05, 3.63) is 71.8 Å². The van der Waals surface area contributed by atoms with Crippen molar-refractivity contribution in [3.8, 4) is 5.69 Å². The van der Waals surface area contributed by atoms with Crippen molar-refractivity contribution in [1.82, 2.24) is 29.3 Å². The highest BCUT2D eigenvalue weighted by Gasteiger charge is 2.28. The number of aromatic nitrogens is 5. The van der Waals surface area contributed by atoms with Crippen LogP contribution in [-0.4, -0.2) is 53.5 Å². The number of aliphatic hydroxyl groups is 1. The second-order valence-corrected chi connectivity index (χ2v) is 10.0. The molecule has 0 radical (unpaired) electrons. The predicted molar refractivity (Wildman–Crippen MR) is 138 cm³/mol. The molecule has 8 nitrogen and oxygen atoms in total. The normalized spacial score (nSPS) is 17.2. The van der Waals surface area contributed by atoms with Gasteiger partial charge in [0.2, 0.25) is 0 Å². The third-order valence-corrected chi connectivity index (χ3v) is 7.38. The Kier molecular flexibility index (Phi) is 6.58. The van der Waals surface area contributed by atoms with Gasteiger partial charge in [-0.3, -0.25) is 0 Å². The van der Waals surface area contributed by atoms with E-state index in [1.807, 2.05) is 16.9 Å². The van der Waals surface area contributed by atoms with Gasteiger partial charge in [0.05, 0.1) is 23.1 Å². The highest BCUT2D eigenvalue weighted by molar-refractivity contribution is 5.53. The van der Waals surface area contributed by atoms with Gasteiger partial charge in [-0.2, -0.15) is 10.2 Å². The molecule has 0 bridgehead atoms. The molecule has 2 atom stereocenters. The van der Waals surface area contributed by atoms with E-state index in [1.165, 1.54) is 5.56 Å². The van der Waals surface area contributed by atoms with Crippen molar-refractivity contribution in [2.45, 2.75) is 58.7 Å². The van der Waals surface area contributed by atoms with Gasteiger partial charge in [-0.1, -0.05) is 31.5 Å². The molecule has 1 aliphatic heterocycles. The van der Waals surface area contributed by atoms with Crippen LogP contribution >= 0.6 is 0 Å². The summed E-state index contributed by atoms with van der Waals surface area (Å²) in [5, 5.41) is 23.7. The summed E-state index contributed by atoms with van der Waals surface area (Å²) in [4.78, 5) is 6.98. The van der Waals surface area contributed by atoms with Gasteiger partial charge in [-0.25, -0.2) is 14.2 Å². The number of anilines is 1. The molecule has 1 aromatic carbocycles. The number of nitrogens with zero attached hydrogens (tertiary/aromatic N) is 6. The first kappa shape index (κ1) is 23.5. The minimum absolute atomic E-state index is 0.397. The predicted octanol–water partition coefficient (Wildman–Crippen LogP) is 4.55.